The summed E-state index contributed by atoms with van der Waals surface area (Å²) in [5.41, 5.74) is 0. The van der Waals surface area contributed by atoms with E-state index in [0.717, 1.165) is 0 Å². The van der Waals surface area contributed by atoms with Gasteiger partial charge in [-0.05, 0) is 34.6 Å². The lowest BCUT2D eigenvalue weighted by atomic mass is 10.1. The number of carbonyl (C=O) groups excluding carboxylic acids is 2. The van der Waals surface area contributed by atoms with Crippen LogP contribution in [0.5, 0.6) is 0 Å². The summed E-state index contributed by atoms with van der Waals surface area (Å²) >= 11 is 0. The monoisotopic (exact) mass is 256 g/mol. The van der Waals surface area contributed by atoms with Crippen molar-refractivity contribution < 1.29 is 9.59 Å². The van der Waals surface area contributed by atoms with Crippen LogP contribution in [0.1, 0.15) is 41.0 Å². The average molecular weight is 256 g/mol. The Labute approximate surface area is 108 Å². The summed E-state index contributed by atoms with van der Waals surface area (Å²) < 4.78 is 0. The summed E-state index contributed by atoms with van der Waals surface area (Å²) in [6, 6.07) is -0.174. The molecule has 3 N–H and O–H groups in total. The highest BCUT2D eigenvalue weighted by Crippen LogP contribution is 2.15. The normalized spacial score (nSPS) is 24.2. The van der Waals surface area contributed by atoms with Crippen molar-refractivity contribution in [2.45, 2.75) is 65.3 Å². The Morgan fingerprint density at radius 2 is 2.00 bits per heavy atom. The van der Waals surface area contributed by atoms with Crippen LogP contribution in [0, 0.1) is 0 Å². The SMILES string of the molecule is CC(C)NC(=O)N[C@H]1C[C@@H](C)NC(=O)N1C(C)C. The molecule has 0 aliphatic carbocycles. The first-order valence-electron chi connectivity index (χ1n) is 6.47. The molecule has 6 heteroatoms. The van der Waals surface area contributed by atoms with E-state index in [9.17, 15) is 9.59 Å². The number of nitrogens with one attached hydrogen (secondary N) is 3. The standard InChI is InChI=1S/C12H24N4O2/c1-7(2)13-11(17)15-10-6-9(5)14-12(18)16(10)8(3)4/h7-10H,6H2,1-5H3,(H,14,18)(H2,13,15,17)/t9-,10-/m1/s1. The third-order valence-corrected chi connectivity index (χ3v) is 2.79. The zero-order valence-corrected chi connectivity index (χ0v) is 11.8. The predicted molar refractivity (Wildman–Crippen MR) is 70.2 cm³/mol. The molecule has 1 aliphatic rings. The van der Waals surface area contributed by atoms with Crippen molar-refractivity contribution in [1.29, 1.82) is 0 Å². The van der Waals surface area contributed by atoms with Gasteiger partial charge in [-0.3, -0.25) is 0 Å². The van der Waals surface area contributed by atoms with E-state index in [4.69, 9.17) is 0 Å². The lowest BCUT2D eigenvalue weighted by Gasteiger charge is -2.41. The quantitative estimate of drug-likeness (QED) is 0.710. The zero-order valence-electron chi connectivity index (χ0n) is 11.8. The molecule has 104 valence electrons. The highest BCUT2D eigenvalue weighted by Gasteiger charge is 2.34. The van der Waals surface area contributed by atoms with Crippen LogP contribution in [-0.2, 0) is 0 Å². The molecule has 0 aromatic heterocycles. The molecule has 1 heterocycles. The Morgan fingerprint density at radius 3 is 2.50 bits per heavy atom. The molecule has 0 bridgehead atoms. The van der Waals surface area contributed by atoms with Crippen LogP contribution in [0.25, 0.3) is 0 Å². The first-order chi connectivity index (χ1) is 8.31. The number of hydrogen-bond acceptors (Lipinski definition) is 2. The maximum atomic E-state index is 11.9. The molecule has 0 aromatic rings. The maximum Gasteiger partial charge on any atom is 0.319 e. The van der Waals surface area contributed by atoms with Gasteiger partial charge in [0.1, 0.15) is 6.17 Å². The lowest BCUT2D eigenvalue weighted by molar-refractivity contribution is 0.108. The Morgan fingerprint density at radius 1 is 1.39 bits per heavy atom. The summed E-state index contributed by atoms with van der Waals surface area (Å²) in [6.07, 6.45) is 0.447. The van der Waals surface area contributed by atoms with Crippen molar-refractivity contribution in [2.75, 3.05) is 0 Å². The van der Waals surface area contributed by atoms with Crippen molar-refractivity contribution in [2.24, 2.45) is 0 Å². The minimum Gasteiger partial charge on any atom is -0.336 e. The van der Waals surface area contributed by atoms with Crippen LogP contribution < -0.4 is 16.0 Å². The number of rotatable bonds is 3. The van der Waals surface area contributed by atoms with Crippen molar-refractivity contribution in [3.8, 4) is 0 Å². The van der Waals surface area contributed by atoms with Gasteiger partial charge < -0.3 is 20.9 Å². The van der Waals surface area contributed by atoms with Crippen LogP contribution in [0.3, 0.4) is 0 Å². The second-order valence-electron chi connectivity index (χ2n) is 5.38. The van der Waals surface area contributed by atoms with E-state index in [-0.39, 0.29) is 36.4 Å². The highest BCUT2D eigenvalue weighted by atomic mass is 16.2. The highest BCUT2D eigenvalue weighted by molar-refractivity contribution is 5.78. The molecule has 1 aliphatic heterocycles. The van der Waals surface area contributed by atoms with Crippen molar-refractivity contribution in [3.05, 3.63) is 0 Å². The molecule has 6 nitrogen and oxygen atoms in total. The fourth-order valence-corrected chi connectivity index (χ4v) is 2.11. The van der Waals surface area contributed by atoms with E-state index >= 15 is 0 Å². The van der Waals surface area contributed by atoms with Gasteiger partial charge in [0.25, 0.3) is 0 Å². The lowest BCUT2D eigenvalue weighted by Crippen LogP contribution is -2.64. The molecule has 0 saturated carbocycles. The van der Waals surface area contributed by atoms with Gasteiger partial charge in [-0.1, -0.05) is 0 Å². The van der Waals surface area contributed by atoms with E-state index in [1.54, 1.807) is 4.90 Å². The van der Waals surface area contributed by atoms with Gasteiger partial charge in [-0.15, -0.1) is 0 Å². The second kappa shape index (κ2) is 5.93. The third kappa shape index (κ3) is 3.78. The second-order valence-corrected chi connectivity index (χ2v) is 5.38. The summed E-state index contributed by atoms with van der Waals surface area (Å²) in [5.74, 6) is 0. The number of urea groups is 2. The molecular weight excluding hydrogens is 232 g/mol. The number of carbonyl (C=O) groups is 2. The summed E-state index contributed by atoms with van der Waals surface area (Å²) in [6.45, 7) is 9.60. The van der Waals surface area contributed by atoms with Crippen LogP contribution >= 0.6 is 0 Å². The topological polar surface area (TPSA) is 73.5 Å². The van der Waals surface area contributed by atoms with Crippen molar-refractivity contribution >= 4 is 12.1 Å². The molecule has 0 spiro atoms. The third-order valence-electron chi connectivity index (χ3n) is 2.79. The van der Waals surface area contributed by atoms with E-state index in [1.807, 2.05) is 34.6 Å². The molecule has 0 radical (unpaired) electrons. The molecule has 0 aromatic carbocycles. The van der Waals surface area contributed by atoms with E-state index < -0.39 is 0 Å². The van der Waals surface area contributed by atoms with E-state index in [1.165, 1.54) is 0 Å². The Hall–Kier alpha value is -1.46. The molecule has 0 unspecified atom stereocenters. The Bertz CT molecular complexity index is 317. The number of amides is 4. The zero-order chi connectivity index (χ0) is 13.9. The molecule has 18 heavy (non-hydrogen) atoms. The molecule has 2 atom stereocenters. The van der Waals surface area contributed by atoms with Crippen LogP contribution in [0.4, 0.5) is 9.59 Å². The van der Waals surface area contributed by atoms with Gasteiger partial charge >= 0.3 is 12.1 Å². The summed E-state index contributed by atoms with van der Waals surface area (Å²) in [5, 5.41) is 8.50. The fourth-order valence-electron chi connectivity index (χ4n) is 2.11. The largest absolute Gasteiger partial charge is 0.336 e. The van der Waals surface area contributed by atoms with E-state index in [0.29, 0.717) is 6.42 Å². The average Bonchev–Trinajstić information content (AvgIpc) is 2.12. The first-order valence-corrected chi connectivity index (χ1v) is 6.47. The summed E-state index contributed by atoms with van der Waals surface area (Å²) in [7, 11) is 0. The van der Waals surface area contributed by atoms with Gasteiger partial charge in [0.2, 0.25) is 0 Å². The molecule has 1 fully saturated rings. The van der Waals surface area contributed by atoms with Gasteiger partial charge in [0.05, 0.1) is 0 Å². The fraction of sp³-hybridized carbons (Fsp3) is 0.833. The van der Waals surface area contributed by atoms with Gasteiger partial charge in [0, 0.05) is 24.5 Å². The van der Waals surface area contributed by atoms with Crippen molar-refractivity contribution in [1.82, 2.24) is 20.9 Å². The maximum absolute atomic E-state index is 11.9. The molecule has 1 rings (SSSR count). The molecular formula is C12H24N4O2. The van der Waals surface area contributed by atoms with Crippen LogP contribution in [0.2, 0.25) is 0 Å². The molecule has 1 saturated heterocycles. The first kappa shape index (κ1) is 14.6. The van der Waals surface area contributed by atoms with Crippen LogP contribution in [-0.4, -0.2) is 41.3 Å². The molecule has 4 amide bonds. The smallest absolute Gasteiger partial charge is 0.319 e. The van der Waals surface area contributed by atoms with Crippen LogP contribution in [0.15, 0.2) is 0 Å². The minimum atomic E-state index is -0.257. The predicted octanol–water partition coefficient (Wildman–Crippen LogP) is 1.23. The van der Waals surface area contributed by atoms with Gasteiger partial charge in [0.15, 0.2) is 0 Å². The van der Waals surface area contributed by atoms with E-state index in [2.05, 4.69) is 16.0 Å². The Kier molecular flexibility index (Phi) is 4.81. The van der Waals surface area contributed by atoms with Gasteiger partial charge in [-0.25, -0.2) is 9.59 Å². The van der Waals surface area contributed by atoms with Gasteiger partial charge in [-0.2, -0.15) is 0 Å². The number of hydrogen-bond donors (Lipinski definition) is 3. The minimum absolute atomic E-state index is 0.0434. The van der Waals surface area contributed by atoms with Crippen molar-refractivity contribution in [3.63, 3.8) is 0 Å². The number of nitrogens with zero attached hydrogens (tertiary/aromatic N) is 1. The Balaban J connectivity index is 2.69. The summed E-state index contributed by atoms with van der Waals surface area (Å²) in [4.78, 5) is 25.3.